The second-order valence-electron chi connectivity index (χ2n) is 2.99. The molecule has 1 aromatic rings. The van der Waals surface area contributed by atoms with E-state index in [-0.39, 0.29) is 0 Å². The van der Waals surface area contributed by atoms with E-state index in [0.29, 0.717) is 29.5 Å². The van der Waals surface area contributed by atoms with Crippen LogP contribution in [-0.4, -0.2) is 29.1 Å². The maximum Gasteiger partial charge on any atom is 0.328 e. The van der Waals surface area contributed by atoms with Gasteiger partial charge in [0.1, 0.15) is 5.82 Å². The highest BCUT2D eigenvalue weighted by molar-refractivity contribution is 6.33. The number of rotatable bonds is 5. The SMILES string of the molecule is NCCNc1ncc(C=CC(=O)O)cc1Cl. The van der Waals surface area contributed by atoms with Crippen molar-refractivity contribution < 1.29 is 9.90 Å². The first-order valence-corrected chi connectivity index (χ1v) is 5.01. The molecular formula is C10H12ClN3O2. The first-order chi connectivity index (χ1) is 7.63. The first-order valence-electron chi connectivity index (χ1n) is 4.64. The highest BCUT2D eigenvalue weighted by Crippen LogP contribution is 2.20. The van der Waals surface area contributed by atoms with Gasteiger partial charge in [0.15, 0.2) is 0 Å². The van der Waals surface area contributed by atoms with Crippen LogP contribution < -0.4 is 11.1 Å². The van der Waals surface area contributed by atoms with Gasteiger partial charge in [0.2, 0.25) is 0 Å². The topological polar surface area (TPSA) is 88.2 Å². The Kier molecular flexibility index (Phi) is 4.75. The largest absolute Gasteiger partial charge is 0.478 e. The van der Waals surface area contributed by atoms with Crippen molar-refractivity contribution >= 4 is 29.5 Å². The summed E-state index contributed by atoms with van der Waals surface area (Å²) in [5.41, 5.74) is 5.96. The normalized spacial score (nSPS) is 10.6. The second kappa shape index (κ2) is 6.09. The van der Waals surface area contributed by atoms with Crippen LogP contribution in [-0.2, 0) is 4.79 Å². The van der Waals surface area contributed by atoms with Crippen molar-refractivity contribution in [1.29, 1.82) is 0 Å². The van der Waals surface area contributed by atoms with Crippen LogP contribution in [0.3, 0.4) is 0 Å². The molecule has 1 heterocycles. The number of pyridine rings is 1. The molecule has 0 atom stereocenters. The summed E-state index contributed by atoms with van der Waals surface area (Å²) in [7, 11) is 0. The molecule has 4 N–H and O–H groups in total. The van der Waals surface area contributed by atoms with E-state index in [1.54, 1.807) is 6.07 Å². The summed E-state index contributed by atoms with van der Waals surface area (Å²) >= 11 is 5.93. The van der Waals surface area contributed by atoms with E-state index >= 15 is 0 Å². The van der Waals surface area contributed by atoms with E-state index in [1.807, 2.05) is 0 Å². The lowest BCUT2D eigenvalue weighted by Crippen LogP contribution is -2.14. The zero-order chi connectivity index (χ0) is 12.0. The van der Waals surface area contributed by atoms with Crippen LogP contribution in [0.2, 0.25) is 5.02 Å². The van der Waals surface area contributed by atoms with E-state index in [9.17, 15) is 4.79 Å². The van der Waals surface area contributed by atoms with Crippen molar-refractivity contribution in [2.24, 2.45) is 5.73 Å². The molecular weight excluding hydrogens is 230 g/mol. The first kappa shape index (κ1) is 12.5. The molecule has 0 radical (unpaired) electrons. The maximum absolute atomic E-state index is 10.3. The molecule has 0 aliphatic heterocycles. The highest BCUT2D eigenvalue weighted by atomic mass is 35.5. The highest BCUT2D eigenvalue weighted by Gasteiger charge is 2.01. The summed E-state index contributed by atoms with van der Waals surface area (Å²) in [4.78, 5) is 14.4. The van der Waals surface area contributed by atoms with E-state index in [4.69, 9.17) is 22.4 Å². The number of nitrogens with two attached hydrogens (primary N) is 1. The Bertz CT molecular complexity index is 407. The average Bonchev–Trinajstić information content (AvgIpc) is 2.25. The van der Waals surface area contributed by atoms with Gasteiger partial charge < -0.3 is 16.2 Å². The van der Waals surface area contributed by atoms with Crippen LogP contribution in [0.5, 0.6) is 0 Å². The van der Waals surface area contributed by atoms with E-state index in [2.05, 4.69) is 10.3 Å². The Morgan fingerprint density at radius 3 is 3.00 bits per heavy atom. The van der Waals surface area contributed by atoms with Crippen molar-refractivity contribution in [2.75, 3.05) is 18.4 Å². The van der Waals surface area contributed by atoms with E-state index in [1.165, 1.54) is 12.3 Å². The number of anilines is 1. The van der Waals surface area contributed by atoms with Crippen LogP contribution in [0.25, 0.3) is 6.08 Å². The predicted octanol–water partition coefficient (Wildman–Crippen LogP) is 1.20. The van der Waals surface area contributed by atoms with Crippen molar-refractivity contribution in [3.8, 4) is 0 Å². The Morgan fingerprint density at radius 2 is 2.44 bits per heavy atom. The fourth-order valence-corrected chi connectivity index (χ4v) is 1.27. The third-order valence-electron chi connectivity index (χ3n) is 1.72. The van der Waals surface area contributed by atoms with Gasteiger partial charge in [-0.1, -0.05) is 11.6 Å². The number of aliphatic carboxylic acids is 1. The molecule has 16 heavy (non-hydrogen) atoms. The monoisotopic (exact) mass is 241 g/mol. The zero-order valence-electron chi connectivity index (χ0n) is 8.48. The zero-order valence-corrected chi connectivity index (χ0v) is 9.24. The van der Waals surface area contributed by atoms with Crippen LogP contribution in [0.1, 0.15) is 5.56 Å². The van der Waals surface area contributed by atoms with E-state index in [0.717, 1.165) is 6.08 Å². The lowest BCUT2D eigenvalue weighted by Gasteiger charge is -2.05. The fraction of sp³-hybridized carbons (Fsp3) is 0.200. The van der Waals surface area contributed by atoms with Crippen molar-refractivity contribution in [2.45, 2.75) is 0 Å². The molecule has 0 aromatic carbocycles. The Morgan fingerprint density at radius 1 is 1.69 bits per heavy atom. The maximum atomic E-state index is 10.3. The number of nitrogens with zero attached hydrogens (tertiary/aromatic N) is 1. The van der Waals surface area contributed by atoms with Gasteiger partial charge in [-0.25, -0.2) is 9.78 Å². The van der Waals surface area contributed by atoms with Gasteiger partial charge >= 0.3 is 5.97 Å². The van der Waals surface area contributed by atoms with Gasteiger partial charge in [-0.2, -0.15) is 0 Å². The minimum absolute atomic E-state index is 0.431. The molecule has 0 unspecified atom stereocenters. The molecule has 0 aliphatic carbocycles. The molecule has 0 amide bonds. The van der Waals surface area contributed by atoms with Gasteiger partial charge in [-0.15, -0.1) is 0 Å². The van der Waals surface area contributed by atoms with E-state index < -0.39 is 5.97 Å². The van der Waals surface area contributed by atoms with Crippen molar-refractivity contribution in [3.05, 3.63) is 28.9 Å². The molecule has 6 heteroatoms. The fourth-order valence-electron chi connectivity index (χ4n) is 1.03. The summed E-state index contributed by atoms with van der Waals surface area (Å²) in [6, 6.07) is 1.63. The summed E-state index contributed by atoms with van der Waals surface area (Å²) in [6.45, 7) is 1.07. The van der Waals surface area contributed by atoms with Gasteiger partial charge in [-0.05, 0) is 17.7 Å². The van der Waals surface area contributed by atoms with Crippen molar-refractivity contribution in [1.82, 2.24) is 4.98 Å². The Hall–Kier alpha value is -1.59. The van der Waals surface area contributed by atoms with Crippen LogP contribution in [0.15, 0.2) is 18.3 Å². The number of hydrogen-bond donors (Lipinski definition) is 3. The van der Waals surface area contributed by atoms with Gasteiger partial charge in [0, 0.05) is 25.4 Å². The summed E-state index contributed by atoms with van der Waals surface area (Å²) < 4.78 is 0. The number of halogens is 1. The lowest BCUT2D eigenvalue weighted by molar-refractivity contribution is -0.131. The molecule has 1 aromatic heterocycles. The smallest absolute Gasteiger partial charge is 0.328 e. The Labute approximate surface area is 97.9 Å². The van der Waals surface area contributed by atoms with Crippen LogP contribution in [0.4, 0.5) is 5.82 Å². The molecule has 0 spiro atoms. The number of aromatic nitrogens is 1. The number of carboxylic acid groups (broad SMARTS) is 1. The number of carboxylic acids is 1. The third-order valence-corrected chi connectivity index (χ3v) is 2.01. The minimum Gasteiger partial charge on any atom is -0.478 e. The van der Waals surface area contributed by atoms with Crippen LogP contribution >= 0.6 is 11.6 Å². The molecule has 0 saturated heterocycles. The summed E-state index contributed by atoms with van der Waals surface area (Å²) in [6.07, 6.45) is 3.98. The second-order valence-corrected chi connectivity index (χ2v) is 3.39. The third kappa shape index (κ3) is 3.88. The predicted molar refractivity (Wildman–Crippen MR) is 63.5 cm³/mol. The molecule has 5 nitrogen and oxygen atoms in total. The van der Waals surface area contributed by atoms with Crippen molar-refractivity contribution in [3.63, 3.8) is 0 Å². The summed E-state index contributed by atoms with van der Waals surface area (Å²) in [5, 5.41) is 11.8. The number of hydrogen-bond acceptors (Lipinski definition) is 4. The molecule has 0 fully saturated rings. The Balaban J connectivity index is 2.78. The number of nitrogens with one attached hydrogen (secondary N) is 1. The summed E-state index contributed by atoms with van der Waals surface area (Å²) in [5.74, 6) is -0.471. The molecule has 0 bridgehead atoms. The lowest BCUT2D eigenvalue weighted by atomic mass is 10.2. The van der Waals surface area contributed by atoms with Gasteiger partial charge in [0.25, 0.3) is 0 Å². The molecule has 0 aliphatic rings. The van der Waals surface area contributed by atoms with Gasteiger partial charge in [0.05, 0.1) is 5.02 Å². The van der Waals surface area contributed by atoms with Crippen LogP contribution in [0, 0.1) is 0 Å². The molecule has 86 valence electrons. The quantitative estimate of drug-likeness (QED) is 0.675. The van der Waals surface area contributed by atoms with Gasteiger partial charge in [-0.3, -0.25) is 0 Å². The number of carbonyl (C=O) groups is 1. The molecule has 1 rings (SSSR count). The minimum atomic E-state index is -1.01. The average molecular weight is 242 g/mol. The standard InChI is InChI=1S/C10H12ClN3O2/c11-8-5-7(1-2-9(15)16)6-14-10(8)13-4-3-12/h1-2,5-6H,3-4,12H2,(H,13,14)(H,15,16). The molecule has 0 saturated carbocycles.